The summed E-state index contributed by atoms with van der Waals surface area (Å²) in [5, 5.41) is 0. The van der Waals surface area contributed by atoms with Crippen molar-refractivity contribution in [2.24, 2.45) is 5.92 Å². The Bertz CT molecular complexity index is 288. The van der Waals surface area contributed by atoms with Gasteiger partial charge >= 0.3 is 5.97 Å². The number of carbonyl (C=O) groups is 1. The van der Waals surface area contributed by atoms with Gasteiger partial charge in [0.05, 0.1) is 5.92 Å². The number of hydrogen-bond donors (Lipinski definition) is 0. The van der Waals surface area contributed by atoms with Crippen LogP contribution in [0.3, 0.4) is 0 Å². The summed E-state index contributed by atoms with van der Waals surface area (Å²) in [6, 6.07) is 1.40. The number of carbonyl (C=O) groups excluding carboxylic acids is 1. The largest absolute Gasteiger partial charge is 0.462 e. The van der Waals surface area contributed by atoms with Crippen LogP contribution in [0.2, 0.25) is 11.6 Å². The molecule has 2 fully saturated rings. The van der Waals surface area contributed by atoms with E-state index < -0.39 is 0 Å². The molecule has 0 aliphatic heterocycles. The molecule has 2 rings (SSSR count). The Hall–Kier alpha value is 1.06. The molecule has 2 aliphatic carbocycles. The molecule has 0 aromatic rings. The maximum atomic E-state index is 12.2. The van der Waals surface area contributed by atoms with Crippen LogP contribution in [0.4, 0.5) is 0 Å². The molecule has 22 heavy (non-hydrogen) atoms. The second-order valence-electron chi connectivity index (χ2n) is 6.55. The predicted molar refractivity (Wildman–Crippen MR) is 84.1 cm³/mol. The molecule has 5 heteroatoms. The average molecular weight is 662 g/mol. The Labute approximate surface area is 167 Å². The molecule has 0 bridgehead atoms. The first kappa shape index (κ1) is 23.1. The summed E-state index contributed by atoms with van der Waals surface area (Å²) in [5.41, 5.74) is 0.903. The van der Waals surface area contributed by atoms with Crippen molar-refractivity contribution in [2.45, 2.75) is 95.2 Å². The molecule has 0 aromatic carbocycles. The fraction of sp³-hybridized carbons (Fsp3) is 0.941. The third-order valence-electron chi connectivity index (χ3n) is 4.86. The number of unbranched alkanes of at least 4 members (excludes halogenated alkanes) is 1. The van der Waals surface area contributed by atoms with Crippen LogP contribution < -0.4 is 0 Å². The van der Waals surface area contributed by atoms with Crippen LogP contribution in [0.15, 0.2) is 0 Å². The third-order valence-corrected chi connectivity index (χ3v) is 6.66. The van der Waals surface area contributed by atoms with Gasteiger partial charge in [-0.2, -0.15) is 0 Å². The molecule has 2 saturated carbocycles. The minimum absolute atomic E-state index is 0. The summed E-state index contributed by atoms with van der Waals surface area (Å²) in [6.45, 7) is 2.27. The minimum atomic E-state index is 0. The van der Waals surface area contributed by atoms with Crippen LogP contribution in [0.25, 0.3) is 0 Å². The molecule has 2 nitrogen and oxygen atoms in total. The van der Waals surface area contributed by atoms with E-state index >= 15 is 0 Å². The molecule has 0 N–H and O–H groups in total. The van der Waals surface area contributed by atoms with Crippen molar-refractivity contribution in [1.29, 1.82) is 0 Å². The summed E-state index contributed by atoms with van der Waals surface area (Å²) < 4.78 is 5.73. The van der Waals surface area contributed by atoms with Crippen molar-refractivity contribution in [3.8, 4) is 0 Å². The van der Waals surface area contributed by atoms with Gasteiger partial charge in [0.2, 0.25) is 0 Å². The van der Waals surface area contributed by atoms with E-state index in [2.05, 4.69) is 6.92 Å². The number of ether oxygens (including phenoxy) is 1. The second kappa shape index (κ2) is 13.4. The summed E-state index contributed by atoms with van der Waals surface area (Å²) in [4.78, 5) is 12.2. The van der Waals surface area contributed by atoms with Crippen molar-refractivity contribution in [2.75, 3.05) is 0 Å². The molecular formula is C17H30O2SiW2. The Morgan fingerprint density at radius 2 is 1.64 bits per heavy atom. The van der Waals surface area contributed by atoms with Gasteiger partial charge in [0.25, 0.3) is 0 Å². The topological polar surface area (TPSA) is 26.3 Å². The van der Waals surface area contributed by atoms with E-state index in [1.165, 1.54) is 51.0 Å². The average Bonchev–Trinajstić information content (AvgIpc) is 2.49. The molecular weight excluding hydrogens is 632 g/mol. The Morgan fingerprint density at radius 1 is 1.00 bits per heavy atom. The predicted octanol–water partition coefficient (Wildman–Crippen LogP) is 4.76. The standard InChI is InChI=1S/C17H30O2Si.2W/c1-2-3-13-20-16-11-9-14(10-12-16)17(18)19-15-7-5-4-6-8-15;;/h14-16H,2-13H2,1H3;;. The Morgan fingerprint density at radius 3 is 2.23 bits per heavy atom. The van der Waals surface area contributed by atoms with E-state index in [0.717, 1.165) is 40.7 Å². The van der Waals surface area contributed by atoms with E-state index in [-0.39, 0.29) is 60.1 Å². The summed E-state index contributed by atoms with van der Waals surface area (Å²) in [6.07, 6.45) is 13.6. The fourth-order valence-corrected chi connectivity index (χ4v) is 5.17. The monoisotopic (exact) mass is 662 g/mol. The van der Waals surface area contributed by atoms with Gasteiger partial charge < -0.3 is 4.74 Å². The summed E-state index contributed by atoms with van der Waals surface area (Å²) >= 11 is 0. The number of hydrogen-bond acceptors (Lipinski definition) is 2. The normalized spacial score (nSPS) is 25.7. The fourth-order valence-electron chi connectivity index (χ4n) is 3.46. The van der Waals surface area contributed by atoms with Crippen LogP contribution in [0.5, 0.6) is 0 Å². The molecule has 2 radical (unpaired) electrons. The molecule has 0 saturated heterocycles. The first-order valence-corrected chi connectivity index (χ1v) is 10.0. The van der Waals surface area contributed by atoms with E-state index in [4.69, 9.17) is 4.74 Å². The van der Waals surface area contributed by atoms with Gasteiger partial charge in [0, 0.05) is 51.7 Å². The van der Waals surface area contributed by atoms with Crippen LogP contribution in [0.1, 0.15) is 77.6 Å². The molecule has 126 valence electrons. The third kappa shape index (κ3) is 8.25. The zero-order valence-corrected chi connectivity index (χ0v) is 20.7. The quantitative estimate of drug-likeness (QED) is 0.233. The smallest absolute Gasteiger partial charge is 0.309 e. The number of rotatable bonds is 6. The Kier molecular flexibility index (Phi) is 14.0. The van der Waals surface area contributed by atoms with Gasteiger partial charge in [-0.3, -0.25) is 4.79 Å². The van der Waals surface area contributed by atoms with Crippen LogP contribution in [-0.4, -0.2) is 21.6 Å². The van der Waals surface area contributed by atoms with Gasteiger partial charge in [-0.05, 0) is 44.1 Å². The maximum absolute atomic E-state index is 12.2. The number of esters is 1. The van der Waals surface area contributed by atoms with Gasteiger partial charge in [-0.15, -0.1) is 0 Å². The van der Waals surface area contributed by atoms with E-state index in [1.807, 2.05) is 0 Å². The molecule has 0 heterocycles. The molecule has 2 aliphatic rings. The molecule has 0 aromatic heterocycles. The molecule has 0 amide bonds. The first-order chi connectivity index (χ1) is 9.79. The van der Waals surface area contributed by atoms with E-state index in [0.29, 0.717) is 0 Å². The first-order valence-electron chi connectivity index (χ1n) is 8.73. The second-order valence-corrected chi connectivity index (χ2v) is 8.28. The van der Waals surface area contributed by atoms with Crippen molar-refractivity contribution in [3.63, 3.8) is 0 Å². The van der Waals surface area contributed by atoms with Crippen molar-refractivity contribution in [3.05, 3.63) is 0 Å². The molecule has 0 unspecified atom stereocenters. The van der Waals surface area contributed by atoms with Crippen molar-refractivity contribution < 1.29 is 51.7 Å². The summed E-state index contributed by atoms with van der Waals surface area (Å²) in [5.74, 6) is 0.330. The molecule has 0 atom stereocenters. The zero-order chi connectivity index (χ0) is 14.2. The molecule has 0 spiro atoms. The van der Waals surface area contributed by atoms with Gasteiger partial charge in [-0.25, -0.2) is 0 Å². The summed E-state index contributed by atoms with van der Waals surface area (Å²) in [7, 11) is 1.12. The SMILES string of the molecule is CCCC[Si]C1CCC(C(=O)OC2CCCCC2)CC1.[W].[W]. The van der Waals surface area contributed by atoms with Crippen LogP contribution >= 0.6 is 0 Å². The van der Waals surface area contributed by atoms with Gasteiger partial charge in [-0.1, -0.05) is 45.1 Å². The van der Waals surface area contributed by atoms with Gasteiger partial charge in [0.15, 0.2) is 0 Å². The van der Waals surface area contributed by atoms with Crippen molar-refractivity contribution in [1.82, 2.24) is 0 Å². The Balaban J connectivity index is 0.00000220. The van der Waals surface area contributed by atoms with Crippen LogP contribution in [-0.2, 0) is 51.7 Å². The van der Waals surface area contributed by atoms with Gasteiger partial charge in [0.1, 0.15) is 6.10 Å². The van der Waals surface area contributed by atoms with E-state index in [9.17, 15) is 4.79 Å². The van der Waals surface area contributed by atoms with E-state index in [1.54, 1.807) is 0 Å². The van der Waals surface area contributed by atoms with Crippen LogP contribution in [0, 0.1) is 5.92 Å². The van der Waals surface area contributed by atoms with Crippen molar-refractivity contribution >= 4 is 15.5 Å². The maximum Gasteiger partial charge on any atom is 0.309 e. The minimum Gasteiger partial charge on any atom is -0.462 e. The zero-order valence-electron chi connectivity index (χ0n) is 13.9.